The average molecular weight is 459 g/mol. The Bertz CT molecular complexity index is 982. The van der Waals surface area contributed by atoms with E-state index in [0.29, 0.717) is 44.6 Å². The summed E-state index contributed by atoms with van der Waals surface area (Å²) < 4.78 is 57.9. The van der Waals surface area contributed by atoms with Crippen molar-refractivity contribution in [3.8, 4) is 0 Å². The molecule has 3 amide bonds. The maximum absolute atomic E-state index is 12.9. The number of benzene rings is 1. The van der Waals surface area contributed by atoms with Gasteiger partial charge < -0.3 is 15.1 Å². The third kappa shape index (κ3) is 4.24. The summed E-state index contributed by atoms with van der Waals surface area (Å²) in [6, 6.07) is 5.36. The van der Waals surface area contributed by atoms with Gasteiger partial charge >= 0.3 is 11.5 Å². The van der Waals surface area contributed by atoms with E-state index < -0.39 is 20.1 Å². The van der Waals surface area contributed by atoms with E-state index in [1.54, 1.807) is 15.9 Å². The number of hydrogen-bond donors (Lipinski definition) is 2. The van der Waals surface area contributed by atoms with Gasteiger partial charge in [-0.3, -0.25) is 4.79 Å². The van der Waals surface area contributed by atoms with Crippen LogP contribution in [0.4, 0.5) is 18.0 Å². The van der Waals surface area contributed by atoms with E-state index in [1.165, 1.54) is 12.1 Å². The molecule has 3 heterocycles. The monoisotopic (exact) mass is 458 g/mol. The maximum atomic E-state index is 12.9. The highest BCUT2D eigenvalue weighted by Gasteiger charge is 2.50. The molecular weight excluding hydrogens is 433 g/mol. The Morgan fingerprint density at radius 2 is 1.90 bits per heavy atom. The summed E-state index contributed by atoms with van der Waals surface area (Å²) in [5.74, 6) is 0.234. The number of rotatable bonds is 3. The molecule has 0 radical (unpaired) electrons. The Hall–Kier alpha value is -2.30. The van der Waals surface area contributed by atoms with Gasteiger partial charge in [0.1, 0.15) is 0 Å². The second-order valence-electron chi connectivity index (χ2n) is 8.75. The van der Waals surface area contributed by atoms with Crippen LogP contribution in [0.15, 0.2) is 29.2 Å². The van der Waals surface area contributed by atoms with Crippen LogP contribution in [0.2, 0.25) is 0 Å². The Morgan fingerprint density at radius 1 is 1.23 bits per heavy atom. The highest BCUT2D eigenvalue weighted by molar-refractivity contribution is 7.93. The molecule has 3 aliphatic heterocycles. The Morgan fingerprint density at radius 3 is 2.48 bits per heavy atom. The number of nitrogens with zero attached hydrogens (tertiary/aromatic N) is 2. The number of nitrogens with one attached hydrogen (secondary N) is 2. The molecule has 3 fully saturated rings. The van der Waals surface area contributed by atoms with E-state index >= 15 is 0 Å². The molecule has 7 nitrogen and oxygen atoms in total. The molecule has 11 heteroatoms. The van der Waals surface area contributed by atoms with Crippen LogP contribution in [0.5, 0.6) is 0 Å². The van der Waals surface area contributed by atoms with Gasteiger partial charge in [0, 0.05) is 32.6 Å². The minimum atomic E-state index is -5.10. The van der Waals surface area contributed by atoms with Crippen LogP contribution in [0, 0.1) is 10.7 Å². The zero-order valence-corrected chi connectivity index (χ0v) is 17.7. The number of alkyl halides is 3. The minimum absolute atomic E-state index is 0.0356. The van der Waals surface area contributed by atoms with Crippen molar-refractivity contribution in [3.63, 3.8) is 0 Å². The molecule has 31 heavy (non-hydrogen) atoms. The molecule has 1 spiro atoms. The molecule has 3 aliphatic rings. The van der Waals surface area contributed by atoms with Gasteiger partial charge in [-0.05, 0) is 49.3 Å². The van der Waals surface area contributed by atoms with Gasteiger partial charge in [0.05, 0.1) is 10.4 Å². The quantitative estimate of drug-likeness (QED) is 0.729. The van der Waals surface area contributed by atoms with E-state index in [1.807, 2.05) is 0 Å². The summed E-state index contributed by atoms with van der Waals surface area (Å²) in [6.45, 7) is 2.21. The van der Waals surface area contributed by atoms with E-state index in [-0.39, 0.29) is 23.4 Å². The predicted molar refractivity (Wildman–Crippen MR) is 107 cm³/mol. The molecule has 1 unspecified atom stereocenters. The van der Waals surface area contributed by atoms with Crippen LogP contribution in [-0.4, -0.2) is 63.2 Å². The van der Waals surface area contributed by atoms with Crippen LogP contribution < -0.4 is 5.32 Å². The molecule has 0 aliphatic carbocycles. The number of amides is 3. The molecule has 0 bridgehead atoms. The van der Waals surface area contributed by atoms with Crippen LogP contribution in [0.3, 0.4) is 0 Å². The SMILES string of the molecule is N=S(=O)(c1cccc(CC2CCN(C(=O)N3CC4(CCC(=O)N4)C3)CC2)c1)C(F)(F)F. The zero-order chi connectivity index (χ0) is 22.4. The first kappa shape index (κ1) is 21.9. The number of carbonyl (C=O) groups is 2. The molecule has 1 atom stereocenters. The largest absolute Gasteiger partial charge is 0.483 e. The summed E-state index contributed by atoms with van der Waals surface area (Å²) in [6.07, 6.45) is 3.23. The third-order valence-corrected chi connectivity index (χ3v) is 8.03. The van der Waals surface area contributed by atoms with E-state index in [0.717, 1.165) is 25.3 Å². The molecule has 170 valence electrons. The van der Waals surface area contributed by atoms with Gasteiger partial charge in [0.2, 0.25) is 5.91 Å². The summed E-state index contributed by atoms with van der Waals surface area (Å²) in [5, 5.41) is 2.96. The summed E-state index contributed by atoms with van der Waals surface area (Å²) in [7, 11) is -4.86. The lowest BCUT2D eigenvalue weighted by Gasteiger charge is -2.49. The highest BCUT2D eigenvalue weighted by atomic mass is 32.2. The van der Waals surface area contributed by atoms with E-state index in [9.17, 15) is 27.0 Å². The summed E-state index contributed by atoms with van der Waals surface area (Å²) in [5.41, 5.74) is -4.73. The van der Waals surface area contributed by atoms with Gasteiger partial charge in [0.25, 0.3) is 0 Å². The average Bonchev–Trinajstić information content (AvgIpc) is 3.08. The van der Waals surface area contributed by atoms with Crippen LogP contribution in [0.1, 0.15) is 31.2 Å². The molecular formula is C20H25F3N4O3S. The Kier molecular flexibility index (Phi) is 5.43. The number of urea groups is 1. The molecule has 2 N–H and O–H groups in total. The van der Waals surface area contributed by atoms with Crippen molar-refractivity contribution in [1.29, 1.82) is 4.78 Å². The number of hydrogen-bond acceptors (Lipinski definition) is 4. The highest BCUT2D eigenvalue weighted by Crippen LogP contribution is 2.33. The fraction of sp³-hybridized carbons (Fsp3) is 0.600. The van der Waals surface area contributed by atoms with Crippen molar-refractivity contribution >= 4 is 21.7 Å². The van der Waals surface area contributed by atoms with Crippen molar-refractivity contribution in [3.05, 3.63) is 29.8 Å². The van der Waals surface area contributed by atoms with Crippen LogP contribution in [-0.2, 0) is 20.9 Å². The van der Waals surface area contributed by atoms with Crippen molar-refractivity contribution in [2.45, 2.75) is 48.0 Å². The standard InChI is InChI=1S/C20H25F3N4O3S/c21-20(22,23)31(24,30)16-3-1-2-15(11-16)10-14-5-8-26(9-6-14)18(29)27-12-19(13-27)7-4-17(28)25-19/h1-3,11,14,24H,4-10,12-13H2,(H,25,28). The lowest BCUT2D eigenvalue weighted by atomic mass is 9.88. The molecule has 0 aromatic heterocycles. The Labute approximate surface area is 178 Å². The van der Waals surface area contributed by atoms with Gasteiger partial charge in [0.15, 0.2) is 9.73 Å². The maximum Gasteiger partial charge on any atom is 0.483 e. The fourth-order valence-corrected chi connectivity index (χ4v) is 5.53. The fourth-order valence-electron chi connectivity index (χ4n) is 4.68. The lowest BCUT2D eigenvalue weighted by Crippen LogP contribution is -2.70. The van der Waals surface area contributed by atoms with Crippen LogP contribution in [0.25, 0.3) is 0 Å². The van der Waals surface area contributed by atoms with Crippen molar-refractivity contribution in [2.75, 3.05) is 26.2 Å². The lowest BCUT2D eigenvalue weighted by molar-refractivity contribution is -0.120. The van der Waals surface area contributed by atoms with Gasteiger partial charge in [-0.1, -0.05) is 12.1 Å². The first-order valence-corrected chi connectivity index (χ1v) is 11.8. The van der Waals surface area contributed by atoms with Gasteiger partial charge in [-0.15, -0.1) is 0 Å². The van der Waals surface area contributed by atoms with Crippen molar-refractivity contribution in [2.24, 2.45) is 5.92 Å². The van der Waals surface area contributed by atoms with Crippen molar-refractivity contribution < 1.29 is 27.0 Å². The zero-order valence-electron chi connectivity index (χ0n) is 16.9. The minimum Gasteiger partial charge on any atom is -0.347 e. The summed E-state index contributed by atoms with van der Waals surface area (Å²) in [4.78, 5) is 27.1. The number of likely N-dealkylation sites (tertiary alicyclic amines) is 2. The topological polar surface area (TPSA) is 93.6 Å². The molecule has 3 saturated heterocycles. The van der Waals surface area contributed by atoms with Gasteiger partial charge in [-0.2, -0.15) is 13.2 Å². The first-order chi connectivity index (χ1) is 14.5. The normalized spacial score (nSPS) is 23.4. The molecule has 1 aromatic carbocycles. The Balaban J connectivity index is 1.30. The second-order valence-corrected chi connectivity index (χ2v) is 10.8. The second kappa shape index (κ2) is 7.68. The molecule has 1 aromatic rings. The third-order valence-electron chi connectivity index (χ3n) is 6.46. The van der Waals surface area contributed by atoms with E-state index in [4.69, 9.17) is 4.78 Å². The number of carbonyl (C=O) groups excluding carboxylic acids is 2. The molecule has 4 rings (SSSR count). The van der Waals surface area contributed by atoms with Crippen LogP contribution >= 0.6 is 0 Å². The number of halogens is 3. The smallest absolute Gasteiger partial charge is 0.347 e. The van der Waals surface area contributed by atoms with E-state index in [2.05, 4.69) is 5.32 Å². The molecule has 0 saturated carbocycles. The van der Waals surface area contributed by atoms with Gasteiger partial charge in [-0.25, -0.2) is 13.8 Å². The van der Waals surface area contributed by atoms with Crippen molar-refractivity contribution in [1.82, 2.24) is 15.1 Å². The predicted octanol–water partition coefficient (Wildman–Crippen LogP) is 2.95. The first-order valence-electron chi connectivity index (χ1n) is 10.3. The summed E-state index contributed by atoms with van der Waals surface area (Å²) >= 11 is 0. The number of piperidine rings is 1.